The first-order valence-electron chi connectivity index (χ1n) is 6.96. The molecule has 1 aromatic rings. The molecule has 22 heavy (non-hydrogen) atoms. The number of rotatable bonds is 10. The third kappa shape index (κ3) is 8.44. The van der Waals surface area contributed by atoms with Crippen molar-refractivity contribution in [2.24, 2.45) is 0 Å². The molecule has 1 aromatic carbocycles. The van der Waals surface area contributed by atoms with Gasteiger partial charge < -0.3 is 20.1 Å². The van der Waals surface area contributed by atoms with E-state index in [1.54, 1.807) is 14.2 Å². The van der Waals surface area contributed by atoms with Gasteiger partial charge in [0.25, 0.3) is 0 Å². The van der Waals surface area contributed by atoms with Gasteiger partial charge in [0.1, 0.15) is 5.75 Å². The van der Waals surface area contributed by atoms with Gasteiger partial charge in [-0.2, -0.15) is 0 Å². The van der Waals surface area contributed by atoms with Crippen molar-refractivity contribution in [2.45, 2.75) is 12.8 Å². The number of halogens is 2. The van der Waals surface area contributed by atoms with Gasteiger partial charge in [-0.25, -0.2) is 0 Å². The van der Waals surface area contributed by atoms with E-state index >= 15 is 0 Å². The minimum atomic E-state index is 0. The fraction of sp³-hybridized carbons (Fsp3) is 0.533. The first-order chi connectivity index (χ1) is 10.2. The number of amides is 1. The van der Waals surface area contributed by atoms with Crippen molar-refractivity contribution in [3.05, 3.63) is 28.8 Å². The van der Waals surface area contributed by atoms with Gasteiger partial charge in [-0.05, 0) is 24.1 Å². The van der Waals surface area contributed by atoms with Crippen LogP contribution in [-0.4, -0.2) is 46.4 Å². The van der Waals surface area contributed by atoms with Gasteiger partial charge in [-0.3, -0.25) is 4.79 Å². The molecule has 0 atom stereocenters. The molecule has 1 amide bonds. The molecule has 0 heterocycles. The molecule has 7 heteroatoms. The molecule has 0 bridgehead atoms. The predicted octanol–water partition coefficient (Wildman–Crippen LogP) is 2.06. The Labute approximate surface area is 143 Å². The summed E-state index contributed by atoms with van der Waals surface area (Å²) in [5.74, 6) is 0.683. The van der Waals surface area contributed by atoms with Gasteiger partial charge in [0.15, 0.2) is 0 Å². The second-order valence-electron chi connectivity index (χ2n) is 4.56. The van der Waals surface area contributed by atoms with Gasteiger partial charge in [0.2, 0.25) is 5.91 Å². The van der Waals surface area contributed by atoms with Crippen molar-refractivity contribution in [3.63, 3.8) is 0 Å². The highest BCUT2D eigenvalue weighted by Gasteiger charge is 2.05. The van der Waals surface area contributed by atoms with Crippen molar-refractivity contribution in [1.29, 1.82) is 0 Å². The lowest BCUT2D eigenvalue weighted by Crippen LogP contribution is -2.33. The van der Waals surface area contributed by atoms with Crippen LogP contribution in [-0.2, 0) is 16.0 Å². The van der Waals surface area contributed by atoms with Crippen LogP contribution in [0.2, 0.25) is 5.02 Å². The first-order valence-corrected chi connectivity index (χ1v) is 7.34. The van der Waals surface area contributed by atoms with Crippen LogP contribution in [0.4, 0.5) is 0 Å². The molecule has 0 aromatic heterocycles. The van der Waals surface area contributed by atoms with Crippen LogP contribution in [0, 0.1) is 0 Å². The van der Waals surface area contributed by atoms with Crippen LogP contribution in [0.25, 0.3) is 0 Å². The summed E-state index contributed by atoms with van der Waals surface area (Å²) >= 11 is 6.04. The van der Waals surface area contributed by atoms with Crippen LogP contribution >= 0.6 is 24.0 Å². The van der Waals surface area contributed by atoms with E-state index in [4.69, 9.17) is 21.1 Å². The summed E-state index contributed by atoms with van der Waals surface area (Å²) in [4.78, 5) is 11.7. The van der Waals surface area contributed by atoms with Gasteiger partial charge in [0.05, 0.1) is 18.7 Å². The lowest BCUT2D eigenvalue weighted by Gasteiger charge is -2.08. The van der Waals surface area contributed by atoms with E-state index < -0.39 is 0 Å². The molecule has 2 N–H and O–H groups in total. The Hall–Kier alpha value is -1.01. The van der Waals surface area contributed by atoms with Crippen molar-refractivity contribution in [2.75, 3.05) is 40.5 Å². The van der Waals surface area contributed by atoms with Crippen LogP contribution in [0.5, 0.6) is 5.75 Å². The zero-order valence-electron chi connectivity index (χ0n) is 13.0. The zero-order valence-corrected chi connectivity index (χ0v) is 14.6. The average Bonchev–Trinajstić information content (AvgIpc) is 2.49. The minimum absolute atomic E-state index is 0. The fourth-order valence-corrected chi connectivity index (χ4v) is 2.08. The van der Waals surface area contributed by atoms with Crippen molar-refractivity contribution >= 4 is 29.9 Å². The minimum Gasteiger partial charge on any atom is -0.495 e. The molecular weight excluding hydrogens is 327 g/mol. The highest BCUT2D eigenvalue weighted by atomic mass is 35.5. The van der Waals surface area contributed by atoms with E-state index in [2.05, 4.69) is 10.6 Å². The molecule has 0 spiro atoms. The van der Waals surface area contributed by atoms with Crippen LogP contribution in [0.1, 0.15) is 12.0 Å². The average molecular weight is 351 g/mol. The van der Waals surface area contributed by atoms with Crippen molar-refractivity contribution < 1.29 is 14.3 Å². The molecule has 0 saturated heterocycles. The summed E-state index contributed by atoms with van der Waals surface area (Å²) in [6.45, 7) is 2.82. The van der Waals surface area contributed by atoms with Gasteiger partial charge in [-0.1, -0.05) is 17.7 Å². The number of methoxy groups -OCH3 is 2. The Balaban J connectivity index is 0.00000441. The summed E-state index contributed by atoms with van der Waals surface area (Å²) in [6.07, 6.45) is 1.10. The Morgan fingerprint density at radius 1 is 1.23 bits per heavy atom. The highest BCUT2D eigenvalue weighted by molar-refractivity contribution is 6.32. The van der Waals surface area contributed by atoms with Crippen LogP contribution in [0.3, 0.4) is 0 Å². The fourth-order valence-electron chi connectivity index (χ4n) is 1.80. The second kappa shape index (κ2) is 12.5. The van der Waals surface area contributed by atoms with E-state index in [1.165, 1.54) is 0 Å². The number of carbonyl (C=O) groups excluding carboxylic acids is 1. The van der Waals surface area contributed by atoms with Gasteiger partial charge in [-0.15, -0.1) is 12.4 Å². The molecule has 1 rings (SSSR count). The third-order valence-corrected chi connectivity index (χ3v) is 3.26. The summed E-state index contributed by atoms with van der Waals surface area (Å²) in [6, 6.07) is 5.57. The summed E-state index contributed by atoms with van der Waals surface area (Å²) in [5.41, 5.74) is 1.02. The maximum atomic E-state index is 11.7. The Morgan fingerprint density at radius 3 is 2.64 bits per heavy atom. The molecular formula is C15H24Cl2N2O3. The zero-order chi connectivity index (χ0) is 15.5. The lowest BCUT2D eigenvalue weighted by atomic mass is 10.1. The van der Waals surface area contributed by atoms with E-state index in [-0.39, 0.29) is 18.3 Å². The van der Waals surface area contributed by atoms with E-state index in [0.29, 0.717) is 36.8 Å². The molecule has 0 aliphatic carbocycles. The number of benzene rings is 1. The monoisotopic (exact) mass is 350 g/mol. The SMILES string of the molecule is COCCNCCNC(=O)CCc1ccc(OC)c(Cl)c1.Cl. The quantitative estimate of drug-likeness (QED) is 0.634. The molecule has 0 aliphatic heterocycles. The smallest absolute Gasteiger partial charge is 0.220 e. The molecule has 0 radical (unpaired) electrons. The lowest BCUT2D eigenvalue weighted by molar-refractivity contribution is -0.121. The highest BCUT2D eigenvalue weighted by Crippen LogP contribution is 2.25. The maximum absolute atomic E-state index is 11.7. The summed E-state index contributed by atoms with van der Waals surface area (Å²) in [5, 5.41) is 6.60. The van der Waals surface area contributed by atoms with Crippen LogP contribution in [0.15, 0.2) is 18.2 Å². The number of carbonyl (C=O) groups is 1. The number of nitrogens with one attached hydrogen (secondary N) is 2. The molecule has 0 unspecified atom stereocenters. The normalized spacial score (nSPS) is 9.95. The number of aryl methyl sites for hydroxylation is 1. The first kappa shape index (κ1) is 21.0. The van der Waals surface area contributed by atoms with E-state index in [0.717, 1.165) is 18.7 Å². The molecule has 0 aliphatic rings. The summed E-state index contributed by atoms with van der Waals surface area (Å²) < 4.78 is 10.0. The maximum Gasteiger partial charge on any atom is 0.220 e. The van der Waals surface area contributed by atoms with E-state index in [9.17, 15) is 4.79 Å². The van der Waals surface area contributed by atoms with Crippen LogP contribution < -0.4 is 15.4 Å². The van der Waals surface area contributed by atoms with E-state index in [1.807, 2.05) is 18.2 Å². The largest absolute Gasteiger partial charge is 0.495 e. The number of hydrogen-bond acceptors (Lipinski definition) is 4. The molecule has 126 valence electrons. The Morgan fingerprint density at radius 2 is 2.00 bits per heavy atom. The topological polar surface area (TPSA) is 59.6 Å². The number of hydrogen-bond donors (Lipinski definition) is 2. The Kier molecular flexibility index (Phi) is 12.0. The predicted molar refractivity (Wildman–Crippen MR) is 91.3 cm³/mol. The van der Waals surface area contributed by atoms with Gasteiger partial charge >= 0.3 is 0 Å². The van der Waals surface area contributed by atoms with Crippen molar-refractivity contribution in [3.8, 4) is 5.75 Å². The standard InChI is InChI=1S/C15H23ClN2O3.ClH/c1-20-10-9-17-7-8-18-15(19)6-4-12-3-5-14(21-2)13(16)11-12;/h3,5,11,17H,4,6-10H2,1-2H3,(H,18,19);1H. The third-order valence-electron chi connectivity index (χ3n) is 2.96. The molecule has 5 nitrogen and oxygen atoms in total. The molecule has 0 saturated carbocycles. The van der Waals surface area contributed by atoms with Crippen molar-refractivity contribution in [1.82, 2.24) is 10.6 Å². The number of ether oxygens (including phenoxy) is 2. The second-order valence-corrected chi connectivity index (χ2v) is 4.97. The molecule has 0 fully saturated rings. The van der Waals surface area contributed by atoms with Gasteiger partial charge in [0, 0.05) is 33.2 Å². The Bertz CT molecular complexity index is 445. The summed E-state index contributed by atoms with van der Waals surface area (Å²) in [7, 11) is 3.24.